The summed E-state index contributed by atoms with van der Waals surface area (Å²) >= 11 is 3.44. The fourth-order valence-electron chi connectivity index (χ4n) is 1.62. The third-order valence-electron chi connectivity index (χ3n) is 2.31. The molecule has 0 saturated carbocycles. The van der Waals surface area contributed by atoms with Gasteiger partial charge in [0, 0.05) is 18.4 Å². The van der Waals surface area contributed by atoms with Gasteiger partial charge in [0.05, 0.1) is 6.10 Å². The zero-order valence-corrected chi connectivity index (χ0v) is 8.96. The normalized spacial score (nSPS) is 23.0. The molecule has 70 valence electrons. The molecule has 0 radical (unpaired) electrons. The second-order valence-electron chi connectivity index (χ2n) is 3.24. The first kappa shape index (κ1) is 9.16. The van der Waals surface area contributed by atoms with Gasteiger partial charge >= 0.3 is 0 Å². The number of halogens is 1. The summed E-state index contributed by atoms with van der Waals surface area (Å²) in [5.74, 6) is 0. The predicted octanol–water partition coefficient (Wildman–Crippen LogP) is 3.09. The van der Waals surface area contributed by atoms with Crippen LogP contribution in [0.3, 0.4) is 0 Å². The third kappa shape index (κ3) is 2.09. The van der Waals surface area contributed by atoms with Crippen molar-refractivity contribution >= 4 is 15.9 Å². The minimum atomic E-state index is 0.247. The van der Waals surface area contributed by atoms with E-state index >= 15 is 0 Å². The van der Waals surface area contributed by atoms with Crippen LogP contribution in [-0.2, 0) is 4.74 Å². The molecule has 1 aromatic rings. The highest BCUT2D eigenvalue weighted by molar-refractivity contribution is 9.10. The quantitative estimate of drug-likeness (QED) is 0.706. The molecular weight excluding hydrogens is 230 g/mol. The fraction of sp³-hybridized carbons (Fsp3) is 0.500. The molecule has 1 aliphatic rings. The fourth-order valence-corrected chi connectivity index (χ4v) is 2.13. The van der Waals surface area contributed by atoms with Crippen molar-refractivity contribution in [3.05, 3.63) is 28.5 Å². The molecule has 1 aliphatic heterocycles. The first-order chi connectivity index (χ1) is 6.38. The highest BCUT2D eigenvalue weighted by Crippen LogP contribution is 2.31. The monoisotopic (exact) mass is 241 g/mol. The third-order valence-corrected chi connectivity index (χ3v) is 2.98. The van der Waals surface area contributed by atoms with E-state index in [1.54, 1.807) is 6.20 Å². The van der Waals surface area contributed by atoms with Crippen LogP contribution in [0.2, 0.25) is 0 Å². The Balaban J connectivity index is 2.18. The maximum absolute atomic E-state index is 5.67. The molecule has 1 aromatic heterocycles. The Morgan fingerprint density at radius 1 is 1.46 bits per heavy atom. The van der Waals surface area contributed by atoms with Crippen LogP contribution in [0.25, 0.3) is 0 Å². The van der Waals surface area contributed by atoms with Crippen LogP contribution in [0.5, 0.6) is 0 Å². The number of nitrogens with zero attached hydrogens (tertiary/aromatic N) is 1. The number of ether oxygens (including phenoxy) is 1. The highest BCUT2D eigenvalue weighted by Gasteiger charge is 2.18. The molecule has 13 heavy (non-hydrogen) atoms. The van der Waals surface area contributed by atoms with Gasteiger partial charge in [-0.1, -0.05) is 6.07 Å². The van der Waals surface area contributed by atoms with Crippen LogP contribution in [0.15, 0.2) is 22.9 Å². The van der Waals surface area contributed by atoms with Crippen molar-refractivity contribution in [3.63, 3.8) is 0 Å². The van der Waals surface area contributed by atoms with E-state index in [1.807, 2.05) is 6.07 Å². The van der Waals surface area contributed by atoms with Crippen LogP contribution in [0, 0.1) is 0 Å². The largest absolute Gasteiger partial charge is 0.373 e. The van der Waals surface area contributed by atoms with Gasteiger partial charge < -0.3 is 4.74 Å². The summed E-state index contributed by atoms with van der Waals surface area (Å²) in [4.78, 5) is 4.19. The van der Waals surface area contributed by atoms with E-state index in [9.17, 15) is 0 Å². The maximum atomic E-state index is 5.67. The minimum absolute atomic E-state index is 0.247. The summed E-state index contributed by atoms with van der Waals surface area (Å²) in [6.07, 6.45) is 5.60. The van der Waals surface area contributed by atoms with Crippen molar-refractivity contribution in [2.45, 2.75) is 25.4 Å². The number of rotatable bonds is 1. The molecule has 0 amide bonds. The first-order valence-electron chi connectivity index (χ1n) is 4.60. The molecule has 0 aliphatic carbocycles. The molecule has 2 rings (SSSR count). The van der Waals surface area contributed by atoms with Gasteiger partial charge in [0.25, 0.3) is 0 Å². The van der Waals surface area contributed by atoms with E-state index in [0.717, 1.165) is 17.6 Å². The summed E-state index contributed by atoms with van der Waals surface area (Å²) in [5.41, 5.74) is 1.18. The second-order valence-corrected chi connectivity index (χ2v) is 3.99. The summed E-state index contributed by atoms with van der Waals surface area (Å²) in [7, 11) is 0. The standard InChI is InChI=1S/C10H12BrNO/c11-10-8(4-3-6-12-10)9-5-1-2-7-13-9/h3-4,6,9H,1-2,5,7H2. The number of hydrogen-bond acceptors (Lipinski definition) is 2. The van der Waals surface area contributed by atoms with Crippen LogP contribution in [0.4, 0.5) is 0 Å². The lowest BCUT2D eigenvalue weighted by Crippen LogP contribution is -2.12. The Morgan fingerprint density at radius 3 is 3.08 bits per heavy atom. The van der Waals surface area contributed by atoms with Crippen molar-refractivity contribution in [1.29, 1.82) is 0 Å². The summed E-state index contributed by atoms with van der Waals surface area (Å²) in [6, 6.07) is 4.03. The van der Waals surface area contributed by atoms with E-state index in [4.69, 9.17) is 4.74 Å². The molecule has 0 spiro atoms. The van der Waals surface area contributed by atoms with Gasteiger partial charge in [0.2, 0.25) is 0 Å². The van der Waals surface area contributed by atoms with Crippen molar-refractivity contribution in [3.8, 4) is 0 Å². The molecule has 0 aromatic carbocycles. The van der Waals surface area contributed by atoms with Gasteiger partial charge in [-0.3, -0.25) is 0 Å². The Hall–Kier alpha value is -0.410. The van der Waals surface area contributed by atoms with Crippen LogP contribution in [-0.4, -0.2) is 11.6 Å². The van der Waals surface area contributed by atoms with Gasteiger partial charge in [0.1, 0.15) is 4.60 Å². The lowest BCUT2D eigenvalue weighted by molar-refractivity contribution is 0.0143. The summed E-state index contributed by atoms with van der Waals surface area (Å²) in [5, 5.41) is 0. The van der Waals surface area contributed by atoms with Gasteiger partial charge in [-0.15, -0.1) is 0 Å². The maximum Gasteiger partial charge on any atom is 0.111 e. The van der Waals surface area contributed by atoms with Crippen molar-refractivity contribution in [2.24, 2.45) is 0 Å². The van der Waals surface area contributed by atoms with E-state index in [-0.39, 0.29) is 6.10 Å². The predicted molar refractivity (Wildman–Crippen MR) is 54.5 cm³/mol. The molecule has 1 unspecified atom stereocenters. The number of aromatic nitrogens is 1. The second kappa shape index (κ2) is 4.20. The van der Waals surface area contributed by atoms with Crippen molar-refractivity contribution in [2.75, 3.05) is 6.61 Å². The van der Waals surface area contributed by atoms with Gasteiger partial charge in [0.15, 0.2) is 0 Å². The minimum Gasteiger partial charge on any atom is -0.373 e. The van der Waals surface area contributed by atoms with Gasteiger partial charge in [-0.25, -0.2) is 4.98 Å². The zero-order valence-electron chi connectivity index (χ0n) is 7.37. The van der Waals surface area contributed by atoms with Gasteiger partial charge in [-0.05, 0) is 41.3 Å². The van der Waals surface area contributed by atoms with Crippen molar-refractivity contribution in [1.82, 2.24) is 4.98 Å². The Kier molecular flexibility index (Phi) is 2.96. The van der Waals surface area contributed by atoms with E-state index in [0.29, 0.717) is 0 Å². The molecule has 2 nitrogen and oxygen atoms in total. The Bertz CT molecular complexity index is 284. The number of hydrogen-bond donors (Lipinski definition) is 0. The van der Waals surface area contributed by atoms with E-state index < -0.39 is 0 Å². The Morgan fingerprint density at radius 2 is 2.38 bits per heavy atom. The summed E-state index contributed by atoms with van der Waals surface area (Å²) in [6.45, 7) is 0.881. The van der Waals surface area contributed by atoms with Gasteiger partial charge in [-0.2, -0.15) is 0 Å². The zero-order chi connectivity index (χ0) is 9.10. The Labute approximate surface area is 86.5 Å². The van der Waals surface area contributed by atoms with E-state index in [1.165, 1.54) is 18.4 Å². The van der Waals surface area contributed by atoms with Crippen LogP contribution < -0.4 is 0 Å². The molecule has 1 fully saturated rings. The lowest BCUT2D eigenvalue weighted by atomic mass is 10.0. The molecule has 1 atom stereocenters. The summed E-state index contributed by atoms with van der Waals surface area (Å²) < 4.78 is 6.59. The number of pyridine rings is 1. The topological polar surface area (TPSA) is 22.1 Å². The average molecular weight is 242 g/mol. The van der Waals surface area contributed by atoms with Crippen LogP contribution >= 0.6 is 15.9 Å². The van der Waals surface area contributed by atoms with Crippen LogP contribution in [0.1, 0.15) is 30.9 Å². The molecule has 3 heteroatoms. The lowest BCUT2D eigenvalue weighted by Gasteiger charge is -2.23. The smallest absolute Gasteiger partial charge is 0.111 e. The van der Waals surface area contributed by atoms with E-state index in [2.05, 4.69) is 27.0 Å². The molecule has 0 N–H and O–H groups in total. The molecular formula is C10H12BrNO. The van der Waals surface area contributed by atoms with Crippen molar-refractivity contribution < 1.29 is 4.74 Å². The highest BCUT2D eigenvalue weighted by atomic mass is 79.9. The SMILES string of the molecule is Brc1ncccc1C1CCCCO1. The molecule has 1 saturated heterocycles. The molecule has 2 heterocycles. The first-order valence-corrected chi connectivity index (χ1v) is 5.39. The molecule has 0 bridgehead atoms. The average Bonchev–Trinajstić information content (AvgIpc) is 2.20.